The maximum absolute atomic E-state index is 12.2. The van der Waals surface area contributed by atoms with Gasteiger partial charge in [-0.15, -0.1) is 0 Å². The van der Waals surface area contributed by atoms with Crippen LogP contribution in [0.2, 0.25) is 0 Å². The van der Waals surface area contributed by atoms with E-state index in [1.165, 1.54) is 0 Å². The third-order valence-corrected chi connectivity index (χ3v) is 4.54. The van der Waals surface area contributed by atoms with Gasteiger partial charge >= 0.3 is 6.03 Å². The highest BCUT2D eigenvalue weighted by Crippen LogP contribution is 2.23. The molecule has 0 saturated carbocycles. The van der Waals surface area contributed by atoms with Crippen LogP contribution in [-0.2, 0) is 6.42 Å². The molecule has 2 amide bonds. The Kier molecular flexibility index (Phi) is 5.36. The molecule has 1 aromatic heterocycles. The first-order chi connectivity index (χ1) is 12.0. The Morgan fingerprint density at radius 3 is 2.96 bits per heavy atom. The minimum absolute atomic E-state index is 0.0193. The largest absolute Gasteiger partial charge is 0.339 e. The van der Waals surface area contributed by atoms with Gasteiger partial charge in [0.1, 0.15) is 0 Å². The molecule has 1 aliphatic rings. The lowest BCUT2D eigenvalue weighted by molar-refractivity contribution is 0.159. The van der Waals surface area contributed by atoms with Crippen molar-refractivity contribution in [3.05, 3.63) is 35.7 Å². The predicted octanol–water partition coefficient (Wildman–Crippen LogP) is 3.42. The molecule has 6 heteroatoms. The van der Waals surface area contributed by atoms with E-state index in [4.69, 9.17) is 4.52 Å². The van der Waals surface area contributed by atoms with E-state index in [1.807, 2.05) is 49.9 Å². The Bertz CT molecular complexity index is 726. The summed E-state index contributed by atoms with van der Waals surface area (Å²) < 4.78 is 5.46. The number of amides is 2. The molecule has 3 rings (SSSR count). The zero-order valence-corrected chi connectivity index (χ0v) is 15.2. The summed E-state index contributed by atoms with van der Waals surface area (Å²) in [5.41, 5.74) is 2.13. The molecule has 0 bridgehead atoms. The maximum Gasteiger partial charge on any atom is 0.317 e. The van der Waals surface area contributed by atoms with Gasteiger partial charge in [-0.25, -0.2) is 4.79 Å². The van der Waals surface area contributed by atoms with Gasteiger partial charge in [-0.1, -0.05) is 29.4 Å². The first-order valence-corrected chi connectivity index (χ1v) is 8.97. The van der Waals surface area contributed by atoms with Crippen molar-refractivity contribution in [3.8, 4) is 11.4 Å². The van der Waals surface area contributed by atoms with Crippen LogP contribution < -0.4 is 5.32 Å². The van der Waals surface area contributed by atoms with Crippen LogP contribution in [0.25, 0.3) is 11.4 Å². The van der Waals surface area contributed by atoms with Gasteiger partial charge in [0.15, 0.2) is 0 Å². The van der Waals surface area contributed by atoms with Crippen LogP contribution in [0.15, 0.2) is 28.8 Å². The van der Waals surface area contributed by atoms with Crippen LogP contribution in [0, 0.1) is 12.8 Å². The molecule has 6 nitrogen and oxygen atoms in total. The van der Waals surface area contributed by atoms with E-state index in [-0.39, 0.29) is 12.1 Å². The Labute approximate surface area is 148 Å². The third kappa shape index (κ3) is 4.38. The fraction of sp³-hybridized carbons (Fsp3) is 0.526. The Morgan fingerprint density at radius 2 is 2.20 bits per heavy atom. The zero-order chi connectivity index (χ0) is 17.8. The summed E-state index contributed by atoms with van der Waals surface area (Å²) in [5.74, 6) is 1.64. The average Bonchev–Trinajstić information content (AvgIpc) is 3.03. The summed E-state index contributed by atoms with van der Waals surface area (Å²) in [5, 5.41) is 7.09. The topological polar surface area (TPSA) is 71.3 Å². The molecule has 1 aliphatic heterocycles. The monoisotopic (exact) mass is 342 g/mol. The van der Waals surface area contributed by atoms with Crippen LogP contribution in [0.1, 0.15) is 38.1 Å². The van der Waals surface area contributed by atoms with Crippen LogP contribution in [0.4, 0.5) is 4.79 Å². The molecule has 0 unspecified atom stereocenters. The number of rotatable bonds is 4. The third-order valence-electron chi connectivity index (χ3n) is 4.54. The van der Waals surface area contributed by atoms with Gasteiger partial charge in [-0.3, -0.25) is 0 Å². The lowest BCUT2D eigenvalue weighted by Crippen LogP contribution is -2.47. The van der Waals surface area contributed by atoms with Gasteiger partial charge < -0.3 is 14.7 Å². The minimum Gasteiger partial charge on any atom is -0.339 e. The Balaban J connectivity index is 1.63. The summed E-state index contributed by atoms with van der Waals surface area (Å²) >= 11 is 0. The smallest absolute Gasteiger partial charge is 0.317 e. The van der Waals surface area contributed by atoms with Crippen molar-refractivity contribution in [3.63, 3.8) is 0 Å². The number of urea groups is 1. The number of likely N-dealkylation sites (tertiary alicyclic amines) is 1. The maximum atomic E-state index is 12.2. The molecule has 134 valence electrons. The van der Waals surface area contributed by atoms with E-state index in [9.17, 15) is 4.79 Å². The van der Waals surface area contributed by atoms with E-state index in [1.54, 1.807) is 0 Å². The predicted molar refractivity (Wildman–Crippen MR) is 96.1 cm³/mol. The second kappa shape index (κ2) is 7.68. The number of aromatic nitrogens is 2. The molecule has 2 aromatic rings. The number of carbonyl (C=O) groups excluding carboxylic acids is 1. The quantitative estimate of drug-likeness (QED) is 0.924. The minimum atomic E-state index is 0.0193. The molecule has 1 N–H and O–H groups in total. The van der Waals surface area contributed by atoms with Gasteiger partial charge in [0.05, 0.1) is 0 Å². The van der Waals surface area contributed by atoms with Crippen molar-refractivity contribution in [1.82, 2.24) is 20.4 Å². The summed E-state index contributed by atoms with van der Waals surface area (Å²) in [6.45, 7) is 7.54. The Hall–Kier alpha value is -2.37. The summed E-state index contributed by atoms with van der Waals surface area (Å²) in [6, 6.07) is 8.19. The van der Waals surface area contributed by atoms with E-state index in [0.29, 0.717) is 24.1 Å². The summed E-state index contributed by atoms with van der Waals surface area (Å²) in [4.78, 5) is 18.6. The molecule has 0 spiro atoms. The summed E-state index contributed by atoms with van der Waals surface area (Å²) in [6.07, 6.45) is 2.80. The van der Waals surface area contributed by atoms with Crippen molar-refractivity contribution in [2.75, 3.05) is 13.1 Å². The molecule has 1 atom stereocenters. The van der Waals surface area contributed by atoms with Gasteiger partial charge in [-0.2, -0.15) is 4.98 Å². The number of carbonyl (C=O) groups is 1. The van der Waals surface area contributed by atoms with Crippen LogP contribution in [-0.4, -0.2) is 40.2 Å². The normalized spacial score (nSPS) is 17.8. The second-order valence-electron chi connectivity index (χ2n) is 7.09. The number of benzene rings is 1. The fourth-order valence-corrected chi connectivity index (χ4v) is 3.27. The zero-order valence-electron chi connectivity index (χ0n) is 15.2. The highest BCUT2D eigenvalue weighted by atomic mass is 16.5. The molecule has 1 fully saturated rings. The van der Waals surface area contributed by atoms with Gasteiger partial charge in [0.2, 0.25) is 11.7 Å². The number of aryl methyl sites for hydroxylation is 1. The van der Waals surface area contributed by atoms with Crippen molar-refractivity contribution in [2.24, 2.45) is 5.92 Å². The van der Waals surface area contributed by atoms with Crippen molar-refractivity contribution < 1.29 is 9.32 Å². The highest BCUT2D eigenvalue weighted by Gasteiger charge is 2.25. The van der Waals surface area contributed by atoms with E-state index < -0.39 is 0 Å². The first-order valence-electron chi connectivity index (χ1n) is 8.97. The molecular formula is C19H26N4O2. The number of nitrogens with one attached hydrogen (secondary N) is 1. The molecule has 0 radical (unpaired) electrons. The number of nitrogens with zero attached hydrogens (tertiary/aromatic N) is 3. The second-order valence-corrected chi connectivity index (χ2v) is 7.09. The lowest BCUT2D eigenvalue weighted by atomic mass is 9.95. The fourth-order valence-electron chi connectivity index (χ4n) is 3.27. The van der Waals surface area contributed by atoms with Crippen LogP contribution in [0.3, 0.4) is 0 Å². The van der Waals surface area contributed by atoms with E-state index >= 15 is 0 Å². The van der Waals surface area contributed by atoms with Crippen molar-refractivity contribution in [2.45, 2.75) is 46.1 Å². The molecule has 1 saturated heterocycles. The van der Waals surface area contributed by atoms with Crippen LogP contribution >= 0.6 is 0 Å². The van der Waals surface area contributed by atoms with E-state index in [2.05, 4.69) is 15.5 Å². The highest BCUT2D eigenvalue weighted by molar-refractivity contribution is 5.74. The average molecular weight is 342 g/mol. The molecular weight excluding hydrogens is 316 g/mol. The van der Waals surface area contributed by atoms with Crippen molar-refractivity contribution in [1.29, 1.82) is 0 Å². The first kappa shape index (κ1) is 17.5. The van der Waals surface area contributed by atoms with Gasteiger partial charge in [0, 0.05) is 31.1 Å². The summed E-state index contributed by atoms with van der Waals surface area (Å²) in [7, 11) is 0. The van der Waals surface area contributed by atoms with Crippen molar-refractivity contribution >= 4 is 6.03 Å². The number of hydrogen-bond acceptors (Lipinski definition) is 4. The standard InChI is InChI=1S/C19H26N4O2/c1-13(2)20-19(24)23-10-6-8-15(12-23)11-17-21-18(22-25-17)16-9-5-4-7-14(16)3/h4-5,7,9,13,15H,6,8,10-12H2,1-3H3,(H,20,24)/t15-/m1/s1. The molecule has 0 aliphatic carbocycles. The van der Waals surface area contributed by atoms with Gasteiger partial charge in [-0.05, 0) is 45.1 Å². The Morgan fingerprint density at radius 1 is 1.40 bits per heavy atom. The molecule has 1 aromatic carbocycles. The van der Waals surface area contributed by atoms with Crippen LogP contribution in [0.5, 0.6) is 0 Å². The van der Waals surface area contributed by atoms with Gasteiger partial charge in [0.25, 0.3) is 0 Å². The number of hydrogen-bond donors (Lipinski definition) is 1. The lowest BCUT2D eigenvalue weighted by Gasteiger charge is -2.32. The molecule has 25 heavy (non-hydrogen) atoms. The molecule has 2 heterocycles. The number of piperidine rings is 1. The SMILES string of the molecule is Cc1ccccc1-c1noc(C[C@H]2CCCN(C(=O)NC(C)C)C2)n1. The van der Waals surface area contributed by atoms with E-state index in [0.717, 1.165) is 37.1 Å².